The van der Waals surface area contributed by atoms with Crippen LogP contribution in [0.2, 0.25) is 5.02 Å². The second kappa shape index (κ2) is 8.34. The number of carbonyl (C=O) groups excluding carboxylic acids is 1. The molecular weight excluding hydrogens is 368 g/mol. The third-order valence-corrected chi connectivity index (χ3v) is 5.35. The van der Waals surface area contributed by atoms with Crippen LogP contribution in [0.3, 0.4) is 0 Å². The summed E-state index contributed by atoms with van der Waals surface area (Å²) in [6.45, 7) is 4.90. The van der Waals surface area contributed by atoms with Crippen molar-refractivity contribution in [3.63, 3.8) is 0 Å². The number of nitrogens with one attached hydrogen (secondary N) is 1. The van der Waals surface area contributed by atoms with E-state index in [0.29, 0.717) is 23.7 Å². The molecule has 1 amide bonds. The number of nitrogens with zero attached hydrogens (tertiary/aromatic N) is 1. The first kappa shape index (κ1) is 18.4. The number of aryl methyl sites for hydroxylation is 1. The van der Waals surface area contributed by atoms with Crippen LogP contribution in [0.1, 0.15) is 27.9 Å². The van der Waals surface area contributed by atoms with E-state index in [-0.39, 0.29) is 5.91 Å². The number of aromatic nitrogens is 1. The minimum Gasteiger partial charge on any atom is -0.494 e. The Morgan fingerprint density at radius 3 is 2.62 bits per heavy atom. The van der Waals surface area contributed by atoms with E-state index in [0.717, 1.165) is 26.9 Å². The highest BCUT2D eigenvalue weighted by molar-refractivity contribution is 7.15. The quantitative estimate of drug-likeness (QED) is 0.641. The first-order valence-corrected chi connectivity index (χ1v) is 9.50. The largest absolute Gasteiger partial charge is 0.494 e. The number of amides is 1. The Balaban J connectivity index is 1.68. The van der Waals surface area contributed by atoms with Crippen LogP contribution in [0.4, 0.5) is 0 Å². The Morgan fingerprint density at radius 2 is 1.92 bits per heavy atom. The summed E-state index contributed by atoms with van der Waals surface area (Å²) in [5.41, 5.74) is 2.41. The zero-order valence-electron chi connectivity index (χ0n) is 14.6. The lowest BCUT2D eigenvalue weighted by Crippen LogP contribution is -2.22. The molecule has 134 valence electrons. The zero-order chi connectivity index (χ0) is 18.5. The molecule has 3 aromatic rings. The second-order valence-electron chi connectivity index (χ2n) is 5.65. The van der Waals surface area contributed by atoms with Crippen molar-refractivity contribution in [2.24, 2.45) is 0 Å². The van der Waals surface area contributed by atoms with Crippen LogP contribution < -0.4 is 10.1 Å². The van der Waals surface area contributed by atoms with Gasteiger partial charge in [0.25, 0.3) is 5.91 Å². The average molecular weight is 387 g/mol. The highest BCUT2D eigenvalue weighted by Crippen LogP contribution is 2.32. The van der Waals surface area contributed by atoms with E-state index in [4.69, 9.17) is 16.3 Å². The van der Waals surface area contributed by atoms with Gasteiger partial charge in [0.15, 0.2) is 0 Å². The van der Waals surface area contributed by atoms with Crippen molar-refractivity contribution in [2.75, 3.05) is 6.61 Å². The van der Waals surface area contributed by atoms with E-state index in [2.05, 4.69) is 10.3 Å². The van der Waals surface area contributed by atoms with Crippen molar-refractivity contribution in [1.29, 1.82) is 0 Å². The molecule has 6 heteroatoms. The Kier molecular flexibility index (Phi) is 5.91. The third kappa shape index (κ3) is 4.23. The number of thiazole rings is 1. The summed E-state index contributed by atoms with van der Waals surface area (Å²) in [5, 5.41) is 4.48. The molecule has 26 heavy (non-hydrogen) atoms. The Labute approximate surface area is 161 Å². The number of hydrogen-bond donors (Lipinski definition) is 1. The molecule has 0 aliphatic rings. The number of carbonyl (C=O) groups is 1. The lowest BCUT2D eigenvalue weighted by molar-refractivity contribution is 0.0951. The van der Waals surface area contributed by atoms with Gasteiger partial charge in [-0.3, -0.25) is 4.79 Å². The molecule has 0 saturated carbocycles. The van der Waals surface area contributed by atoms with Crippen molar-refractivity contribution < 1.29 is 9.53 Å². The Morgan fingerprint density at radius 1 is 1.19 bits per heavy atom. The fraction of sp³-hybridized carbons (Fsp3) is 0.200. The maximum absolute atomic E-state index is 12.3. The van der Waals surface area contributed by atoms with Crippen molar-refractivity contribution >= 4 is 28.8 Å². The molecule has 1 aromatic heterocycles. The number of halogens is 1. The number of rotatable bonds is 6. The van der Waals surface area contributed by atoms with Gasteiger partial charge in [-0.25, -0.2) is 4.98 Å². The maximum Gasteiger partial charge on any atom is 0.251 e. The first-order valence-electron chi connectivity index (χ1n) is 8.30. The minimum absolute atomic E-state index is 0.125. The molecule has 3 rings (SSSR count). The van der Waals surface area contributed by atoms with Gasteiger partial charge in [0.1, 0.15) is 10.8 Å². The van der Waals surface area contributed by atoms with Crippen LogP contribution in [0.25, 0.3) is 10.6 Å². The van der Waals surface area contributed by atoms with Gasteiger partial charge in [-0.05, 0) is 44.2 Å². The van der Waals surface area contributed by atoms with Gasteiger partial charge in [0, 0.05) is 16.0 Å². The molecule has 0 atom stereocenters. The fourth-order valence-corrected chi connectivity index (χ4v) is 3.80. The van der Waals surface area contributed by atoms with E-state index >= 15 is 0 Å². The van der Waals surface area contributed by atoms with Gasteiger partial charge in [0.2, 0.25) is 0 Å². The molecule has 4 nitrogen and oxygen atoms in total. The summed E-state index contributed by atoms with van der Waals surface area (Å²) in [4.78, 5) is 17.9. The van der Waals surface area contributed by atoms with Crippen molar-refractivity contribution in [3.8, 4) is 16.3 Å². The third-order valence-electron chi connectivity index (χ3n) is 3.83. The molecule has 1 N–H and O–H groups in total. The standard InChI is InChI=1S/C20H19ClN2O2S/c1-3-25-15-10-8-14(9-11-15)19(24)22-12-18-13(2)23-20(26-18)16-6-4-5-7-17(16)21/h4-11H,3,12H2,1-2H3,(H,22,24). The smallest absolute Gasteiger partial charge is 0.251 e. The number of hydrogen-bond acceptors (Lipinski definition) is 4. The van der Waals surface area contributed by atoms with E-state index in [1.54, 1.807) is 35.6 Å². The number of benzene rings is 2. The average Bonchev–Trinajstić information content (AvgIpc) is 3.01. The Hall–Kier alpha value is -2.37. The molecule has 0 bridgehead atoms. The van der Waals surface area contributed by atoms with Crippen LogP contribution in [-0.2, 0) is 6.54 Å². The van der Waals surface area contributed by atoms with Gasteiger partial charge < -0.3 is 10.1 Å². The lowest BCUT2D eigenvalue weighted by Gasteiger charge is -2.06. The van der Waals surface area contributed by atoms with E-state index < -0.39 is 0 Å². The van der Waals surface area contributed by atoms with Gasteiger partial charge in [-0.15, -0.1) is 11.3 Å². The Bertz CT molecular complexity index is 906. The van der Waals surface area contributed by atoms with Crippen LogP contribution >= 0.6 is 22.9 Å². The normalized spacial score (nSPS) is 10.6. The highest BCUT2D eigenvalue weighted by atomic mass is 35.5. The number of ether oxygens (including phenoxy) is 1. The molecule has 0 saturated heterocycles. The molecule has 0 fully saturated rings. The predicted molar refractivity (Wildman–Crippen MR) is 106 cm³/mol. The van der Waals surface area contributed by atoms with Crippen LogP contribution in [0, 0.1) is 6.92 Å². The summed E-state index contributed by atoms with van der Waals surface area (Å²) in [6.07, 6.45) is 0. The molecule has 1 heterocycles. The molecule has 0 aliphatic heterocycles. The molecule has 0 aliphatic carbocycles. The molecule has 0 radical (unpaired) electrons. The van der Waals surface area contributed by atoms with E-state index in [1.165, 1.54) is 0 Å². The minimum atomic E-state index is -0.125. The summed E-state index contributed by atoms with van der Waals surface area (Å²) in [5.74, 6) is 0.631. The monoisotopic (exact) mass is 386 g/mol. The van der Waals surface area contributed by atoms with Gasteiger partial charge in [-0.2, -0.15) is 0 Å². The lowest BCUT2D eigenvalue weighted by atomic mass is 10.2. The summed E-state index contributed by atoms with van der Waals surface area (Å²) in [7, 11) is 0. The van der Waals surface area contributed by atoms with Crippen molar-refractivity contribution in [1.82, 2.24) is 10.3 Å². The van der Waals surface area contributed by atoms with Crippen LogP contribution in [-0.4, -0.2) is 17.5 Å². The summed E-state index contributed by atoms with van der Waals surface area (Å²) < 4.78 is 5.39. The van der Waals surface area contributed by atoms with Gasteiger partial charge in [-0.1, -0.05) is 29.8 Å². The van der Waals surface area contributed by atoms with Gasteiger partial charge in [0.05, 0.1) is 23.9 Å². The molecule has 0 spiro atoms. The second-order valence-corrected chi connectivity index (χ2v) is 7.14. The van der Waals surface area contributed by atoms with Gasteiger partial charge >= 0.3 is 0 Å². The van der Waals surface area contributed by atoms with Crippen LogP contribution in [0.15, 0.2) is 48.5 Å². The summed E-state index contributed by atoms with van der Waals surface area (Å²) in [6, 6.07) is 14.7. The van der Waals surface area contributed by atoms with Crippen LogP contribution in [0.5, 0.6) is 5.75 Å². The van der Waals surface area contributed by atoms with Crippen molar-refractivity contribution in [3.05, 3.63) is 69.7 Å². The maximum atomic E-state index is 12.3. The highest BCUT2D eigenvalue weighted by Gasteiger charge is 2.13. The molecular formula is C20H19ClN2O2S. The fourth-order valence-electron chi connectivity index (χ4n) is 2.47. The van der Waals surface area contributed by atoms with Crippen molar-refractivity contribution in [2.45, 2.75) is 20.4 Å². The SMILES string of the molecule is CCOc1ccc(C(=O)NCc2sc(-c3ccccc3Cl)nc2C)cc1. The molecule has 2 aromatic carbocycles. The van der Waals surface area contributed by atoms with E-state index in [1.807, 2.05) is 38.1 Å². The zero-order valence-corrected chi connectivity index (χ0v) is 16.2. The predicted octanol–water partition coefficient (Wildman–Crippen LogP) is 5.10. The first-order chi connectivity index (χ1) is 12.6. The summed E-state index contributed by atoms with van der Waals surface area (Å²) >= 11 is 7.79. The topological polar surface area (TPSA) is 51.2 Å². The molecule has 0 unspecified atom stereocenters. The van der Waals surface area contributed by atoms with E-state index in [9.17, 15) is 4.79 Å².